The monoisotopic (exact) mass is 143 g/mol. The Labute approximate surface area is 58.0 Å². The quantitative estimate of drug-likeness (QED) is 0.418. The van der Waals surface area contributed by atoms with Crippen LogP contribution < -0.4 is 5.73 Å². The molecule has 0 radical (unpaired) electrons. The Morgan fingerprint density at radius 2 is 2.30 bits per heavy atom. The van der Waals surface area contributed by atoms with Crippen LogP contribution in [0.4, 0.5) is 0 Å². The molecule has 0 fully saturated rings. The second-order valence-corrected chi connectivity index (χ2v) is 2.32. The van der Waals surface area contributed by atoms with E-state index < -0.39 is 18.1 Å². The summed E-state index contributed by atoms with van der Waals surface area (Å²) in [6.45, 7) is 0. The van der Waals surface area contributed by atoms with Gasteiger partial charge in [-0.3, -0.25) is 4.79 Å². The summed E-state index contributed by atoms with van der Waals surface area (Å²) in [4.78, 5) is 10.4. The van der Waals surface area contributed by atoms with Gasteiger partial charge in [0.15, 0.2) is 0 Å². The molecule has 1 amide bonds. The molecule has 0 aromatic carbocycles. The average molecular weight is 143 g/mol. The van der Waals surface area contributed by atoms with Crippen LogP contribution in [0.2, 0.25) is 0 Å². The second kappa shape index (κ2) is 2.40. The summed E-state index contributed by atoms with van der Waals surface area (Å²) in [5.41, 5.74) is 5.20. The summed E-state index contributed by atoms with van der Waals surface area (Å²) < 4.78 is 0. The van der Waals surface area contributed by atoms with E-state index in [1.54, 1.807) is 0 Å². The fourth-order valence-corrected chi connectivity index (χ4v) is 0.914. The van der Waals surface area contributed by atoms with Crippen molar-refractivity contribution in [1.29, 1.82) is 0 Å². The van der Waals surface area contributed by atoms with Crippen molar-refractivity contribution in [3.8, 4) is 0 Å². The largest absolute Gasteiger partial charge is 0.390 e. The summed E-state index contributed by atoms with van der Waals surface area (Å²) in [5.74, 6) is -0.574. The van der Waals surface area contributed by atoms with E-state index in [0.29, 0.717) is 5.57 Å². The van der Waals surface area contributed by atoms with Crippen molar-refractivity contribution < 1.29 is 15.0 Å². The number of hydrogen-bond acceptors (Lipinski definition) is 3. The zero-order valence-corrected chi connectivity index (χ0v) is 5.32. The molecular weight excluding hydrogens is 134 g/mol. The Morgan fingerprint density at radius 1 is 1.70 bits per heavy atom. The molecular formula is C6H9NO3. The van der Waals surface area contributed by atoms with Gasteiger partial charge < -0.3 is 15.9 Å². The molecule has 0 saturated heterocycles. The van der Waals surface area contributed by atoms with Crippen LogP contribution >= 0.6 is 0 Å². The Hall–Kier alpha value is -0.870. The van der Waals surface area contributed by atoms with Gasteiger partial charge in [0, 0.05) is 12.0 Å². The number of amides is 1. The standard InChI is InChI=1S/C6H9NO3/c7-6(10)3-1-4(8)5(9)2-3/h1,4-5,8-9H,2H2,(H2,7,10). The summed E-state index contributed by atoms with van der Waals surface area (Å²) in [6, 6.07) is 0. The van der Waals surface area contributed by atoms with Crippen LogP contribution in [0.1, 0.15) is 6.42 Å². The maximum Gasteiger partial charge on any atom is 0.244 e. The first kappa shape index (κ1) is 7.24. The summed E-state index contributed by atoms with van der Waals surface area (Å²) in [6.07, 6.45) is -0.339. The fraction of sp³-hybridized carbons (Fsp3) is 0.500. The van der Waals surface area contributed by atoms with Crippen LogP contribution in [-0.2, 0) is 4.79 Å². The molecule has 0 heterocycles. The van der Waals surface area contributed by atoms with E-state index in [-0.39, 0.29) is 6.42 Å². The van der Waals surface area contributed by atoms with Crippen molar-refractivity contribution in [1.82, 2.24) is 0 Å². The lowest BCUT2D eigenvalue weighted by Crippen LogP contribution is -2.18. The van der Waals surface area contributed by atoms with Crippen molar-refractivity contribution >= 4 is 5.91 Å². The van der Waals surface area contributed by atoms with Crippen molar-refractivity contribution in [3.63, 3.8) is 0 Å². The topological polar surface area (TPSA) is 83.6 Å². The number of primary amides is 1. The molecule has 0 aromatic rings. The van der Waals surface area contributed by atoms with Gasteiger partial charge in [0.2, 0.25) is 5.91 Å². The molecule has 4 N–H and O–H groups in total. The molecule has 0 aliphatic heterocycles. The van der Waals surface area contributed by atoms with Crippen LogP contribution in [0, 0.1) is 0 Å². The third-order valence-corrected chi connectivity index (χ3v) is 1.51. The molecule has 0 spiro atoms. The maximum atomic E-state index is 10.4. The van der Waals surface area contributed by atoms with Gasteiger partial charge in [-0.2, -0.15) is 0 Å². The predicted molar refractivity (Wildman–Crippen MR) is 33.9 cm³/mol. The molecule has 56 valence electrons. The SMILES string of the molecule is NC(=O)C1=CC(O)C(O)C1. The fourth-order valence-electron chi connectivity index (χ4n) is 0.914. The van der Waals surface area contributed by atoms with E-state index >= 15 is 0 Å². The highest BCUT2D eigenvalue weighted by molar-refractivity contribution is 5.92. The summed E-state index contributed by atoms with van der Waals surface area (Å²) in [5, 5.41) is 17.8. The van der Waals surface area contributed by atoms with Crippen molar-refractivity contribution in [2.75, 3.05) is 0 Å². The highest BCUT2D eigenvalue weighted by Gasteiger charge is 2.25. The van der Waals surface area contributed by atoms with E-state index in [2.05, 4.69) is 0 Å². The normalized spacial score (nSPS) is 32.0. The number of nitrogens with two attached hydrogens (primary N) is 1. The number of aliphatic hydroxyl groups is 2. The number of carbonyl (C=O) groups excluding carboxylic acids is 1. The molecule has 2 unspecified atom stereocenters. The Kier molecular flexibility index (Phi) is 1.74. The minimum atomic E-state index is -0.928. The van der Waals surface area contributed by atoms with E-state index in [0.717, 1.165) is 0 Å². The molecule has 4 nitrogen and oxygen atoms in total. The minimum absolute atomic E-state index is 0.163. The number of hydrogen-bond donors (Lipinski definition) is 3. The molecule has 0 bridgehead atoms. The Balaban J connectivity index is 2.67. The van der Waals surface area contributed by atoms with Crippen molar-refractivity contribution in [3.05, 3.63) is 11.6 Å². The van der Waals surface area contributed by atoms with Crippen LogP contribution in [0.25, 0.3) is 0 Å². The zero-order chi connectivity index (χ0) is 7.72. The highest BCUT2D eigenvalue weighted by atomic mass is 16.3. The summed E-state index contributed by atoms with van der Waals surface area (Å²) >= 11 is 0. The van der Waals surface area contributed by atoms with Crippen LogP contribution in [0.5, 0.6) is 0 Å². The lowest BCUT2D eigenvalue weighted by molar-refractivity contribution is -0.114. The van der Waals surface area contributed by atoms with Crippen LogP contribution in [-0.4, -0.2) is 28.3 Å². The Bertz CT molecular complexity index is 187. The first-order chi connectivity index (χ1) is 4.61. The van der Waals surface area contributed by atoms with Crippen molar-refractivity contribution in [2.45, 2.75) is 18.6 Å². The van der Waals surface area contributed by atoms with Gasteiger partial charge in [0.25, 0.3) is 0 Å². The van der Waals surface area contributed by atoms with Gasteiger partial charge in [-0.25, -0.2) is 0 Å². The molecule has 1 aliphatic rings. The third kappa shape index (κ3) is 1.17. The number of carbonyl (C=O) groups is 1. The predicted octanol–water partition coefficient (Wildman–Crippen LogP) is -1.48. The maximum absolute atomic E-state index is 10.4. The lowest BCUT2D eigenvalue weighted by Gasteiger charge is -2.03. The van der Waals surface area contributed by atoms with E-state index in [4.69, 9.17) is 15.9 Å². The number of aliphatic hydroxyl groups excluding tert-OH is 2. The van der Waals surface area contributed by atoms with E-state index in [1.165, 1.54) is 6.08 Å². The molecule has 4 heteroatoms. The van der Waals surface area contributed by atoms with Crippen LogP contribution in [0.3, 0.4) is 0 Å². The highest BCUT2D eigenvalue weighted by Crippen LogP contribution is 2.18. The molecule has 0 aromatic heterocycles. The molecule has 10 heavy (non-hydrogen) atoms. The molecule has 2 atom stereocenters. The summed E-state index contributed by atoms with van der Waals surface area (Å²) in [7, 11) is 0. The molecule has 0 saturated carbocycles. The van der Waals surface area contributed by atoms with Gasteiger partial charge in [-0.1, -0.05) is 0 Å². The van der Waals surface area contributed by atoms with Crippen LogP contribution in [0.15, 0.2) is 11.6 Å². The van der Waals surface area contributed by atoms with E-state index in [9.17, 15) is 4.79 Å². The second-order valence-electron chi connectivity index (χ2n) is 2.32. The first-order valence-corrected chi connectivity index (χ1v) is 2.98. The molecule has 1 aliphatic carbocycles. The third-order valence-electron chi connectivity index (χ3n) is 1.51. The zero-order valence-electron chi connectivity index (χ0n) is 5.32. The molecule has 1 rings (SSSR count). The van der Waals surface area contributed by atoms with Gasteiger partial charge in [-0.15, -0.1) is 0 Å². The van der Waals surface area contributed by atoms with Gasteiger partial charge in [-0.05, 0) is 6.08 Å². The lowest BCUT2D eigenvalue weighted by atomic mass is 10.2. The first-order valence-electron chi connectivity index (χ1n) is 2.98. The smallest absolute Gasteiger partial charge is 0.244 e. The number of rotatable bonds is 1. The van der Waals surface area contributed by atoms with E-state index in [1.807, 2.05) is 0 Å². The van der Waals surface area contributed by atoms with Gasteiger partial charge >= 0.3 is 0 Å². The minimum Gasteiger partial charge on any atom is -0.390 e. The van der Waals surface area contributed by atoms with Crippen molar-refractivity contribution in [2.24, 2.45) is 5.73 Å². The average Bonchev–Trinajstić information content (AvgIpc) is 2.13. The van der Waals surface area contributed by atoms with Gasteiger partial charge in [0.05, 0.1) is 12.2 Å². The van der Waals surface area contributed by atoms with Gasteiger partial charge in [0.1, 0.15) is 0 Å². The Morgan fingerprint density at radius 3 is 2.50 bits per heavy atom.